The molecule has 1 atom stereocenters. The molecule has 3 rings (SSSR count). The fourth-order valence-electron chi connectivity index (χ4n) is 3.99. The summed E-state index contributed by atoms with van der Waals surface area (Å²) in [5, 5.41) is 10.9. The Bertz CT molecular complexity index is 844. The first-order chi connectivity index (χ1) is 14.0. The first kappa shape index (κ1) is 21.5. The van der Waals surface area contributed by atoms with Crippen molar-refractivity contribution in [3.05, 3.63) is 70.2 Å². The zero-order valence-electron chi connectivity index (χ0n) is 16.8. The number of aliphatic hydroxyl groups excluding tert-OH is 1. The predicted octanol–water partition coefficient (Wildman–Crippen LogP) is 4.84. The van der Waals surface area contributed by atoms with Crippen molar-refractivity contribution in [2.45, 2.75) is 45.1 Å². The lowest BCUT2D eigenvalue weighted by atomic mass is 9.90. The number of benzene rings is 2. The topological polar surface area (TPSA) is 57.6 Å². The van der Waals surface area contributed by atoms with Crippen molar-refractivity contribution in [2.75, 3.05) is 13.1 Å². The van der Waals surface area contributed by atoms with Crippen molar-refractivity contribution in [3.8, 4) is 0 Å². The molecule has 2 aromatic rings. The normalized spacial score (nSPS) is 15.9. The van der Waals surface area contributed by atoms with E-state index in [2.05, 4.69) is 0 Å². The molecule has 1 aliphatic heterocycles. The number of ketones is 1. The van der Waals surface area contributed by atoms with Gasteiger partial charge in [0.25, 0.3) is 5.91 Å². The van der Waals surface area contributed by atoms with Crippen LogP contribution in [0, 0.1) is 5.92 Å². The van der Waals surface area contributed by atoms with Gasteiger partial charge in [0, 0.05) is 18.7 Å². The molecule has 0 aromatic heterocycles. The summed E-state index contributed by atoms with van der Waals surface area (Å²) < 4.78 is 0. The van der Waals surface area contributed by atoms with E-state index < -0.39 is 6.10 Å². The quantitative estimate of drug-likeness (QED) is 0.661. The van der Waals surface area contributed by atoms with Gasteiger partial charge in [-0.15, -0.1) is 0 Å². The second kappa shape index (κ2) is 10.0. The highest BCUT2D eigenvalue weighted by molar-refractivity contribution is 6.33. The molecule has 5 heteroatoms. The molecular weight excluding hydrogens is 386 g/mol. The number of carbonyl (C=O) groups is 2. The predicted molar refractivity (Wildman–Crippen MR) is 115 cm³/mol. The van der Waals surface area contributed by atoms with E-state index >= 15 is 0 Å². The molecule has 1 aliphatic rings. The summed E-state index contributed by atoms with van der Waals surface area (Å²) in [5.74, 6) is 0.384. The minimum absolute atomic E-state index is 0.0137. The van der Waals surface area contributed by atoms with Crippen LogP contribution in [0.25, 0.3) is 0 Å². The lowest BCUT2D eigenvalue weighted by molar-refractivity contribution is -0.142. The smallest absolute Gasteiger partial charge is 0.256 e. The van der Waals surface area contributed by atoms with Gasteiger partial charge in [0.05, 0.1) is 5.02 Å². The van der Waals surface area contributed by atoms with Crippen molar-refractivity contribution in [2.24, 2.45) is 5.92 Å². The van der Waals surface area contributed by atoms with Gasteiger partial charge >= 0.3 is 0 Å². The zero-order valence-corrected chi connectivity index (χ0v) is 17.6. The van der Waals surface area contributed by atoms with Crippen molar-refractivity contribution >= 4 is 23.3 Å². The van der Waals surface area contributed by atoms with Crippen molar-refractivity contribution < 1.29 is 14.7 Å². The van der Waals surface area contributed by atoms with Crippen molar-refractivity contribution in [1.82, 2.24) is 4.90 Å². The molecule has 1 amide bonds. The maximum Gasteiger partial charge on any atom is 0.256 e. The lowest BCUT2D eigenvalue weighted by Gasteiger charge is -2.33. The lowest BCUT2D eigenvalue weighted by Crippen LogP contribution is -2.41. The molecule has 4 nitrogen and oxygen atoms in total. The highest BCUT2D eigenvalue weighted by atomic mass is 35.5. The second-order valence-electron chi connectivity index (χ2n) is 7.84. The van der Waals surface area contributed by atoms with Crippen molar-refractivity contribution in [3.63, 3.8) is 0 Å². The fraction of sp³-hybridized carbons (Fsp3) is 0.417. The van der Waals surface area contributed by atoms with Gasteiger partial charge in [-0.05, 0) is 68.2 Å². The second-order valence-corrected chi connectivity index (χ2v) is 8.25. The molecule has 1 saturated heterocycles. The van der Waals surface area contributed by atoms with Crippen LogP contribution in [-0.2, 0) is 11.2 Å². The number of likely N-dealkylation sites (tertiary alicyclic amines) is 1. The average Bonchev–Trinajstić information content (AvgIpc) is 2.73. The van der Waals surface area contributed by atoms with Gasteiger partial charge in [-0.1, -0.05) is 48.0 Å². The van der Waals surface area contributed by atoms with E-state index in [4.69, 9.17) is 11.6 Å². The maximum absolute atomic E-state index is 12.6. The summed E-state index contributed by atoms with van der Waals surface area (Å²) in [6, 6.07) is 14.8. The molecule has 2 aromatic carbocycles. The number of halogens is 1. The maximum atomic E-state index is 12.6. The summed E-state index contributed by atoms with van der Waals surface area (Å²) >= 11 is 6.19. The third-order valence-electron chi connectivity index (χ3n) is 5.77. The third-order valence-corrected chi connectivity index (χ3v) is 6.08. The molecule has 0 saturated carbocycles. The van der Waals surface area contributed by atoms with E-state index in [0.717, 1.165) is 37.7 Å². The van der Waals surface area contributed by atoms with Crippen LogP contribution in [0.3, 0.4) is 0 Å². The first-order valence-corrected chi connectivity index (χ1v) is 10.6. The van der Waals surface area contributed by atoms with Crippen LogP contribution in [0.1, 0.15) is 60.2 Å². The molecular formula is C24H28ClNO3. The molecule has 0 bridgehead atoms. The van der Waals surface area contributed by atoms with Crippen LogP contribution in [0.4, 0.5) is 0 Å². The van der Waals surface area contributed by atoms with Crippen LogP contribution in [0.15, 0.2) is 48.5 Å². The number of hydrogen-bond acceptors (Lipinski definition) is 3. The molecule has 154 valence electrons. The van der Waals surface area contributed by atoms with Gasteiger partial charge in [-0.3, -0.25) is 9.59 Å². The molecule has 1 N–H and O–H groups in total. The Kier molecular flexibility index (Phi) is 7.45. The van der Waals surface area contributed by atoms with Crippen LogP contribution < -0.4 is 0 Å². The Balaban J connectivity index is 1.42. The van der Waals surface area contributed by atoms with Crippen LogP contribution in [0.2, 0.25) is 5.02 Å². The Hall–Kier alpha value is -2.17. The van der Waals surface area contributed by atoms with Gasteiger partial charge in [0.15, 0.2) is 11.9 Å². The van der Waals surface area contributed by atoms with Crippen LogP contribution in [0.5, 0.6) is 0 Å². The number of rotatable bonds is 7. The van der Waals surface area contributed by atoms with Crippen LogP contribution >= 0.6 is 11.6 Å². The third kappa shape index (κ3) is 5.68. The summed E-state index contributed by atoms with van der Waals surface area (Å²) in [5.41, 5.74) is 2.37. The Morgan fingerprint density at radius 1 is 1.14 bits per heavy atom. The minimum Gasteiger partial charge on any atom is -0.378 e. The summed E-state index contributed by atoms with van der Waals surface area (Å²) in [6.45, 7) is 2.93. The average molecular weight is 414 g/mol. The number of aliphatic hydroxyl groups is 1. The number of carbonyl (C=O) groups excluding carboxylic acids is 2. The first-order valence-electron chi connectivity index (χ1n) is 10.3. The summed E-state index contributed by atoms with van der Waals surface area (Å²) in [7, 11) is 0. The van der Waals surface area contributed by atoms with Crippen LogP contribution in [-0.4, -0.2) is 34.8 Å². The molecule has 1 heterocycles. The van der Waals surface area contributed by atoms with Gasteiger partial charge in [0.1, 0.15) is 0 Å². The molecule has 0 radical (unpaired) electrons. The zero-order chi connectivity index (χ0) is 20.8. The number of aryl methyl sites for hydroxylation is 1. The van der Waals surface area contributed by atoms with Gasteiger partial charge in [-0.2, -0.15) is 0 Å². The number of piperidine rings is 1. The molecule has 29 heavy (non-hydrogen) atoms. The molecule has 1 fully saturated rings. The van der Waals surface area contributed by atoms with E-state index in [0.29, 0.717) is 35.2 Å². The molecule has 0 aliphatic carbocycles. The summed E-state index contributed by atoms with van der Waals surface area (Å²) in [6.07, 6.45) is 3.96. The van der Waals surface area contributed by atoms with Crippen molar-refractivity contribution in [1.29, 1.82) is 0 Å². The van der Waals surface area contributed by atoms with E-state index in [1.54, 1.807) is 17.0 Å². The highest BCUT2D eigenvalue weighted by Crippen LogP contribution is 2.26. The van der Waals surface area contributed by atoms with Gasteiger partial charge < -0.3 is 10.0 Å². The number of hydrogen-bond donors (Lipinski definition) is 1. The summed E-state index contributed by atoms with van der Waals surface area (Å²) in [4.78, 5) is 25.8. The molecule has 0 spiro atoms. The fourth-order valence-corrected chi connectivity index (χ4v) is 4.32. The Morgan fingerprint density at radius 2 is 1.83 bits per heavy atom. The molecule has 1 unspecified atom stereocenters. The van der Waals surface area contributed by atoms with E-state index in [1.165, 1.54) is 6.92 Å². The number of amides is 1. The van der Waals surface area contributed by atoms with Gasteiger partial charge in [0.2, 0.25) is 0 Å². The van der Waals surface area contributed by atoms with Gasteiger partial charge in [-0.25, -0.2) is 0 Å². The Labute approximate surface area is 177 Å². The monoisotopic (exact) mass is 413 g/mol. The standard InChI is InChI=1S/C24H28ClNO3/c1-17(27)21-11-10-19(16-22(21)25)7-5-6-18-12-14-26(15-13-18)24(29)23(28)20-8-3-2-4-9-20/h2-4,8-11,16,18,23,28H,5-7,12-15H2,1H3. The Morgan fingerprint density at radius 3 is 2.45 bits per heavy atom. The largest absolute Gasteiger partial charge is 0.378 e. The highest BCUT2D eigenvalue weighted by Gasteiger charge is 2.27. The number of Topliss-reactive ketones (excluding diaryl/α,β-unsaturated/α-hetero) is 1. The number of nitrogens with zero attached hydrogens (tertiary/aromatic N) is 1. The minimum atomic E-state index is -1.07. The van der Waals surface area contributed by atoms with E-state index in [-0.39, 0.29) is 11.7 Å². The van der Waals surface area contributed by atoms with E-state index in [1.807, 2.05) is 36.4 Å². The van der Waals surface area contributed by atoms with E-state index in [9.17, 15) is 14.7 Å². The SMILES string of the molecule is CC(=O)c1ccc(CCCC2CCN(C(=O)C(O)c3ccccc3)CC2)cc1Cl.